The molecule has 0 aliphatic carbocycles. The van der Waals surface area contributed by atoms with Crippen molar-refractivity contribution >= 4 is 11.3 Å². The molecule has 0 unspecified atom stereocenters. The second-order valence-corrected chi connectivity index (χ2v) is 5.70. The zero-order chi connectivity index (χ0) is 11.8. The first kappa shape index (κ1) is 10.9. The number of benzene rings is 1. The van der Waals surface area contributed by atoms with E-state index in [1.54, 1.807) is 0 Å². The Bertz CT molecular complexity index is 534. The van der Waals surface area contributed by atoms with Gasteiger partial charge in [0.2, 0.25) is 0 Å². The highest BCUT2D eigenvalue weighted by atomic mass is 32.1. The van der Waals surface area contributed by atoms with Crippen molar-refractivity contribution in [3.05, 3.63) is 39.9 Å². The summed E-state index contributed by atoms with van der Waals surface area (Å²) < 4.78 is 0. The Hall–Kier alpha value is -1.19. The van der Waals surface area contributed by atoms with Gasteiger partial charge >= 0.3 is 0 Å². The largest absolute Gasteiger partial charge is 0.311 e. The smallest absolute Gasteiger partial charge is 0.123 e. The van der Waals surface area contributed by atoms with Gasteiger partial charge in [-0.05, 0) is 31.0 Å². The minimum absolute atomic E-state index is 0.984. The normalized spacial score (nSPS) is 14.7. The van der Waals surface area contributed by atoms with Crippen molar-refractivity contribution < 1.29 is 0 Å². The second kappa shape index (κ2) is 4.24. The minimum Gasteiger partial charge on any atom is -0.311 e. The SMILES string of the molecule is Cc1ccc(-c2nc3c(s2)CNCC3)cc1C. The van der Waals surface area contributed by atoms with Crippen molar-refractivity contribution in [1.82, 2.24) is 10.3 Å². The van der Waals surface area contributed by atoms with Crippen LogP contribution in [-0.2, 0) is 13.0 Å². The van der Waals surface area contributed by atoms with Crippen LogP contribution in [-0.4, -0.2) is 11.5 Å². The summed E-state index contributed by atoms with van der Waals surface area (Å²) >= 11 is 1.83. The van der Waals surface area contributed by atoms with Gasteiger partial charge in [-0.25, -0.2) is 4.98 Å². The van der Waals surface area contributed by atoms with Crippen molar-refractivity contribution in [2.75, 3.05) is 6.54 Å². The molecular formula is C14H16N2S. The van der Waals surface area contributed by atoms with Crippen LogP contribution in [0, 0.1) is 13.8 Å². The van der Waals surface area contributed by atoms with E-state index < -0.39 is 0 Å². The summed E-state index contributed by atoms with van der Waals surface area (Å²) in [5.74, 6) is 0. The van der Waals surface area contributed by atoms with Crippen LogP contribution in [0.5, 0.6) is 0 Å². The molecule has 1 aromatic heterocycles. The predicted octanol–water partition coefficient (Wildman–Crippen LogP) is 3.07. The van der Waals surface area contributed by atoms with E-state index in [4.69, 9.17) is 4.98 Å². The van der Waals surface area contributed by atoms with Crippen LogP contribution in [0.2, 0.25) is 0 Å². The maximum absolute atomic E-state index is 4.77. The lowest BCUT2D eigenvalue weighted by molar-refractivity contribution is 0.644. The van der Waals surface area contributed by atoms with Crippen LogP contribution >= 0.6 is 11.3 Å². The third-order valence-electron chi connectivity index (χ3n) is 3.36. The van der Waals surface area contributed by atoms with Crippen LogP contribution in [0.15, 0.2) is 18.2 Å². The molecule has 0 fully saturated rings. The Morgan fingerprint density at radius 1 is 1.24 bits per heavy atom. The van der Waals surface area contributed by atoms with Crippen LogP contribution in [0.4, 0.5) is 0 Å². The lowest BCUT2D eigenvalue weighted by Crippen LogP contribution is -2.22. The number of aromatic nitrogens is 1. The van der Waals surface area contributed by atoms with E-state index >= 15 is 0 Å². The van der Waals surface area contributed by atoms with Gasteiger partial charge < -0.3 is 5.32 Å². The molecule has 3 heteroatoms. The maximum Gasteiger partial charge on any atom is 0.123 e. The first-order valence-corrected chi connectivity index (χ1v) is 6.82. The molecular weight excluding hydrogens is 228 g/mol. The molecule has 1 aliphatic rings. The number of aryl methyl sites for hydroxylation is 2. The molecule has 0 saturated heterocycles. The summed E-state index contributed by atoms with van der Waals surface area (Å²) in [5, 5.41) is 4.56. The molecule has 3 rings (SSSR count). The van der Waals surface area contributed by atoms with E-state index in [9.17, 15) is 0 Å². The summed E-state index contributed by atoms with van der Waals surface area (Å²) in [6, 6.07) is 6.61. The van der Waals surface area contributed by atoms with Gasteiger partial charge in [0.05, 0.1) is 5.69 Å². The molecule has 1 aliphatic heterocycles. The van der Waals surface area contributed by atoms with Crippen molar-refractivity contribution in [1.29, 1.82) is 0 Å². The van der Waals surface area contributed by atoms with Gasteiger partial charge in [-0.2, -0.15) is 0 Å². The molecule has 0 atom stereocenters. The molecule has 1 aromatic carbocycles. The molecule has 0 amide bonds. The standard InChI is InChI=1S/C14H16N2S/c1-9-3-4-11(7-10(9)2)14-16-12-5-6-15-8-13(12)17-14/h3-4,7,15H,5-6,8H2,1-2H3. The zero-order valence-corrected chi connectivity index (χ0v) is 11.0. The Morgan fingerprint density at radius 2 is 2.12 bits per heavy atom. The van der Waals surface area contributed by atoms with Gasteiger partial charge in [0.1, 0.15) is 5.01 Å². The third-order valence-corrected chi connectivity index (χ3v) is 4.50. The summed E-state index contributed by atoms with van der Waals surface area (Å²) in [6.45, 7) is 6.35. The maximum atomic E-state index is 4.77. The van der Waals surface area contributed by atoms with Crippen LogP contribution < -0.4 is 5.32 Å². The minimum atomic E-state index is 0.984. The molecule has 88 valence electrons. The topological polar surface area (TPSA) is 24.9 Å². The Balaban J connectivity index is 2.03. The quantitative estimate of drug-likeness (QED) is 0.834. The van der Waals surface area contributed by atoms with Gasteiger partial charge in [-0.15, -0.1) is 11.3 Å². The van der Waals surface area contributed by atoms with Crippen LogP contribution in [0.1, 0.15) is 21.7 Å². The molecule has 2 aromatic rings. The van der Waals surface area contributed by atoms with Gasteiger partial charge in [0.25, 0.3) is 0 Å². The summed E-state index contributed by atoms with van der Waals surface area (Å²) in [6.07, 6.45) is 1.07. The molecule has 2 nitrogen and oxygen atoms in total. The average molecular weight is 244 g/mol. The molecule has 17 heavy (non-hydrogen) atoms. The lowest BCUT2D eigenvalue weighted by atomic mass is 10.1. The van der Waals surface area contributed by atoms with Crippen molar-refractivity contribution in [3.8, 4) is 10.6 Å². The van der Waals surface area contributed by atoms with Gasteiger partial charge in [-0.1, -0.05) is 12.1 Å². The van der Waals surface area contributed by atoms with E-state index in [2.05, 4.69) is 37.4 Å². The number of thiazole rings is 1. The number of rotatable bonds is 1. The van der Waals surface area contributed by atoms with Crippen molar-refractivity contribution in [2.45, 2.75) is 26.8 Å². The fraction of sp³-hybridized carbons (Fsp3) is 0.357. The van der Waals surface area contributed by atoms with E-state index in [1.807, 2.05) is 11.3 Å². The number of hydrogen-bond donors (Lipinski definition) is 1. The van der Waals surface area contributed by atoms with E-state index in [0.717, 1.165) is 19.5 Å². The summed E-state index contributed by atoms with van der Waals surface area (Å²) in [7, 11) is 0. The van der Waals surface area contributed by atoms with Gasteiger partial charge in [0, 0.05) is 30.0 Å². The van der Waals surface area contributed by atoms with E-state index in [1.165, 1.54) is 32.3 Å². The average Bonchev–Trinajstić information content (AvgIpc) is 2.76. The Morgan fingerprint density at radius 3 is 2.88 bits per heavy atom. The highest BCUT2D eigenvalue weighted by Crippen LogP contribution is 2.30. The highest BCUT2D eigenvalue weighted by molar-refractivity contribution is 7.15. The number of fused-ring (bicyclic) bond motifs is 1. The molecule has 0 spiro atoms. The van der Waals surface area contributed by atoms with E-state index in [0.29, 0.717) is 0 Å². The third kappa shape index (κ3) is 2.01. The molecule has 2 heterocycles. The fourth-order valence-corrected chi connectivity index (χ4v) is 3.20. The van der Waals surface area contributed by atoms with Crippen LogP contribution in [0.25, 0.3) is 10.6 Å². The molecule has 1 N–H and O–H groups in total. The first-order chi connectivity index (χ1) is 8.24. The number of nitrogens with one attached hydrogen (secondary N) is 1. The van der Waals surface area contributed by atoms with Crippen molar-refractivity contribution in [2.24, 2.45) is 0 Å². The van der Waals surface area contributed by atoms with Crippen LogP contribution in [0.3, 0.4) is 0 Å². The second-order valence-electron chi connectivity index (χ2n) is 4.61. The molecule has 0 bridgehead atoms. The predicted molar refractivity (Wildman–Crippen MR) is 72.4 cm³/mol. The highest BCUT2D eigenvalue weighted by Gasteiger charge is 2.15. The fourth-order valence-electron chi connectivity index (χ4n) is 2.12. The van der Waals surface area contributed by atoms with Gasteiger partial charge in [0.15, 0.2) is 0 Å². The molecule has 0 saturated carbocycles. The monoisotopic (exact) mass is 244 g/mol. The first-order valence-electron chi connectivity index (χ1n) is 6.01. The van der Waals surface area contributed by atoms with Crippen molar-refractivity contribution in [3.63, 3.8) is 0 Å². The zero-order valence-electron chi connectivity index (χ0n) is 10.2. The Labute approximate surface area is 106 Å². The molecule has 0 radical (unpaired) electrons. The number of hydrogen-bond acceptors (Lipinski definition) is 3. The number of nitrogens with zero attached hydrogens (tertiary/aromatic N) is 1. The lowest BCUT2D eigenvalue weighted by Gasteiger charge is -2.09. The summed E-state index contributed by atoms with van der Waals surface area (Å²) in [4.78, 5) is 6.18. The Kier molecular flexibility index (Phi) is 2.73. The summed E-state index contributed by atoms with van der Waals surface area (Å²) in [5.41, 5.74) is 5.24. The van der Waals surface area contributed by atoms with Gasteiger partial charge in [-0.3, -0.25) is 0 Å². The van der Waals surface area contributed by atoms with E-state index in [-0.39, 0.29) is 0 Å².